The maximum atomic E-state index is 15.1. The molecule has 1 fully saturated rings. The van der Waals surface area contributed by atoms with E-state index in [0.29, 0.717) is 55.0 Å². The summed E-state index contributed by atoms with van der Waals surface area (Å²) in [6.45, 7) is 4.73. The van der Waals surface area contributed by atoms with Crippen LogP contribution in [0.3, 0.4) is 0 Å². The quantitative estimate of drug-likeness (QED) is 0.361. The summed E-state index contributed by atoms with van der Waals surface area (Å²) in [5.74, 6) is -2.17. The van der Waals surface area contributed by atoms with Gasteiger partial charge in [-0.05, 0) is 75.9 Å². The van der Waals surface area contributed by atoms with E-state index in [9.17, 15) is 19.1 Å². The number of carboxylic acid groups (broad SMARTS) is 1. The fraction of sp³-hybridized carbons (Fsp3) is 0.400. The minimum absolute atomic E-state index is 0.0989. The van der Waals surface area contributed by atoms with Gasteiger partial charge in [-0.3, -0.25) is 9.36 Å². The van der Waals surface area contributed by atoms with Gasteiger partial charge in [-0.1, -0.05) is 17.3 Å². The molecule has 0 radical (unpaired) electrons. The van der Waals surface area contributed by atoms with Crippen molar-refractivity contribution in [3.05, 3.63) is 92.3 Å². The van der Waals surface area contributed by atoms with Gasteiger partial charge in [-0.15, -0.1) is 0 Å². The van der Waals surface area contributed by atoms with E-state index in [1.54, 1.807) is 16.7 Å². The van der Waals surface area contributed by atoms with Crippen LogP contribution in [0.4, 0.5) is 8.78 Å². The molecule has 0 bridgehead atoms. The van der Waals surface area contributed by atoms with Gasteiger partial charge in [0.05, 0.1) is 11.3 Å². The van der Waals surface area contributed by atoms with Crippen molar-refractivity contribution in [2.24, 2.45) is 0 Å². The maximum Gasteiger partial charge on any atom is 0.338 e. The Hall–Kier alpha value is -3.92. The van der Waals surface area contributed by atoms with E-state index in [1.165, 1.54) is 24.3 Å². The van der Waals surface area contributed by atoms with Gasteiger partial charge in [-0.2, -0.15) is 0 Å². The van der Waals surface area contributed by atoms with Crippen molar-refractivity contribution in [1.82, 2.24) is 19.6 Å². The predicted molar refractivity (Wildman–Crippen MR) is 144 cm³/mol. The largest absolute Gasteiger partial charge is 0.478 e. The van der Waals surface area contributed by atoms with Gasteiger partial charge in [0.1, 0.15) is 17.5 Å². The zero-order valence-corrected chi connectivity index (χ0v) is 22.2. The summed E-state index contributed by atoms with van der Waals surface area (Å²) in [4.78, 5) is 32.1. The van der Waals surface area contributed by atoms with E-state index in [4.69, 9.17) is 9.51 Å². The van der Waals surface area contributed by atoms with Crippen molar-refractivity contribution < 1.29 is 23.2 Å². The van der Waals surface area contributed by atoms with E-state index in [-0.39, 0.29) is 28.4 Å². The zero-order chi connectivity index (χ0) is 28.0. The number of hydrogen-bond acceptors (Lipinski definition) is 6. The first-order valence-corrected chi connectivity index (χ1v) is 13.7. The number of carbonyl (C=O) groups is 1. The highest BCUT2D eigenvalue weighted by atomic mass is 19.1. The number of likely N-dealkylation sites (tertiary alicyclic amines) is 1. The van der Waals surface area contributed by atoms with E-state index >= 15 is 4.39 Å². The topological polar surface area (TPSA) is 101 Å². The Morgan fingerprint density at radius 3 is 2.70 bits per heavy atom. The molecule has 40 heavy (non-hydrogen) atoms. The van der Waals surface area contributed by atoms with Gasteiger partial charge < -0.3 is 14.5 Å². The standard InChI is InChI=1S/C30H30F2N4O4/c1-17-20(11-15-35-13-9-18(10-14-35)27-23-8-7-19(31)16-25(23)40-34-27)29(37)36-12-3-6-22(28(36)33-17)21-4-2-5-24(26(21)32)30(38)39/h2,4-5,7-8,16,18,22H,3,6,9-15H2,1H3,(H,38,39). The molecule has 2 aliphatic heterocycles. The van der Waals surface area contributed by atoms with E-state index in [1.807, 2.05) is 6.92 Å². The molecule has 4 heterocycles. The molecule has 2 aromatic heterocycles. The van der Waals surface area contributed by atoms with Crippen LogP contribution in [-0.4, -0.2) is 50.3 Å². The second-order valence-corrected chi connectivity index (χ2v) is 10.8. The lowest BCUT2D eigenvalue weighted by Crippen LogP contribution is -2.38. The molecule has 2 aliphatic rings. The molecular weight excluding hydrogens is 518 g/mol. The maximum absolute atomic E-state index is 15.1. The summed E-state index contributed by atoms with van der Waals surface area (Å²) in [6, 6.07) is 8.88. The number of rotatable bonds is 6. The Morgan fingerprint density at radius 2 is 1.93 bits per heavy atom. The second-order valence-electron chi connectivity index (χ2n) is 10.8. The lowest BCUT2D eigenvalue weighted by Gasteiger charge is -2.31. The second kappa shape index (κ2) is 10.6. The van der Waals surface area contributed by atoms with Crippen molar-refractivity contribution in [2.75, 3.05) is 19.6 Å². The molecule has 8 nitrogen and oxygen atoms in total. The van der Waals surface area contributed by atoms with Crippen molar-refractivity contribution >= 4 is 16.9 Å². The molecule has 1 unspecified atom stereocenters. The molecule has 0 spiro atoms. The Labute approximate surface area is 229 Å². The van der Waals surface area contributed by atoms with Gasteiger partial charge in [0.15, 0.2) is 5.58 Å². The molecule has 4 aromatic rings. The van der Waals surface area contributed by atoms with Crippen LogP contribution in [0.2, 0.25) is 0 Å². The smallest absolute Gasteiger partial charge is 0.338 e. The number of nitrogens with zero attached hydrogens (tertiary/aromatic N) is 4. The number of piperidine rings is 1. The minimum Gasteiger partial charge on any atom is -0.478 e. The third-order valence-electron chi connectivity index (χ3n) is 8.43. The number of carboxylic acids is 1. The number of hydrogen-bond donors (Lipinski definition) is 1. The molecule has 2 aromatic carbocycles. The van der Waals surface area contributed by atoms with Crippen molar-refractivity contribution in [2.45, 2.75) is 57.4 Å². The highest BCUT2D eigenvalue weighted by Crippen LogP contribution is 2.35. The minimum atomic E-state index is -1.32. The molecule has 0 aliphatic carbocycles. The number of aromatic nitrogens is 3. The van der Waals surface area contributed by atoms with Gasteiger partial charge >= 0.3 is 5.97 Å². The van der Waals surface area contributed by atoms with Crippen molar-refractivity contribution in [3.8, 4) is 0 Å². The summed E-state index contributed by atoms with van der Waals surface area (Å²) >= 11 is 0. The van der Waals surface area contributed by atoms with Crippen LogP contribution in [0, 0.1) is 18.6 Å². The van der Waals surface area contributed by atoms with Crippen LogP contribution < -0.4 is 5.56 Å². The number of aromatic carboxylic acids is 1. The lowest BCUT2D eigenvalue weighted by molar-refractivity contribution is 0.0691. The summed E-state index contributed by atoms with van der Waals surface area (Å²) in [5.41, 5.74) is 2.43. The summed E-state index contributed by atoms with van der Waals surface area (Å²) in [6.07, 6.45) is 3.61. The molecule has 1 N–H and O–H groups in total. The average Bonchev–Trinajstić information content (AvgIpc) is 3.36. The molecular formula is C30H30F2N4O4. The Bertz CT molecular complexity index is 1660. The van der Waals surface area contributed by atoms with Gasteiger partial charge in [0.25, 0.3) is 5.56 Å². The van der Waals surface area contributed by atoms with E-state index in [0.717, 1.165) is 37.0 Å². The Balaban J connectivity index is 1.16. The van der Waals surface area contributed by atoms with Crippen LogP contribution in [0.15, 0.2) is 45.7 Å². The Morgan fingerprint density at radius 1 is 1.12 bits per heavy atom. The highest BCUT2D eigenvalue weighted by Gasteiger charge is 2.30. The van der Waals surface area contributed by atoms with Crippen LogP contribution in [0.5, 0.6) is 0 Å². The molecule has 1 saturated heterocycles. The fourth-order valence-electron chi connectivity index (χ4n) is 6.28. The third-order valence-corrected chi connectivity index (χ3v) is 8.43. The summed E-state index contributed by atoms with van der Waals surface area (Å²) in [7, 11) is 0. The molecule has 1 atom stereocenters. The lowest BCUT2D eigenvalue weighted by atomic mass is 9.88. The Kier molecular flexibility index (Phi) is 6.95. The fourth-order valence-corrected chi connectivity index (χ4v) is 6.28. The normalized spacial score (nSPS) is 18.2. The molecule has 0 saturated carbocycles. The first-order valence-electron chi connectivity index (χ1n) is 13.7. The zero-order valence-electron chi connectivity index (χ0n) is 22.2. The first-order chi connectivity index (χ1) is 19.3. The molecule has 208 valence electrons. The number of benzene rings is 2. The first kappa shape index (κ1) is 26.3. The molecule has 10 heteroatoms. The number of halogens is 2. The SMILES string of the molecule is Cc1nc2n(c(=O)c1CCN1CCC(c3noc4cc(F)ccc34)CC1)CCCC2c1cccc(C(=O)O)c1F. The highest BCUT2D eigenvalue weighted by molar-refractivity contribution is 5.88. The number of fused-ring (bicyclic) bond motifs is 2. The number of aryl methyl sites for hydroxylation is 1. The molecule has 6 rings (SSSR count). The predicted octanol–water partition coefficient (Wildman–Crippen LogP) is 5.02. The van der Waals surface area contributed by atoms with Crippen LogP contribution in [0.25, 0.3) is 11.0 Å². The van der Waals surface area contributed by atoms with Crippen molar-refractivity contribution in [3.63, 3.8) is 0 Å². The van der Waals surface area contributed by atoms with Crippen molar-refractivity contribution in [1.29, 1.82) is 0 Å². The molecule has 0 amide bonds. The van der Waals surface area contributed by atoms with Crippen LogP contribution in [-0.2, 0) is 13.0 Å². The summed E-state index contributed by atoms with van der Waals surface area (Å²) < 4.78 is 35.6. The van der Waals surface area contributed by atoms with Crippen LogP contribution in [0.1, 0.15) is 76.2 Å². The monoisotopic (exact) mass is 548 g/mol. The van der Waals surface area contributed by atoms with Gasteiger partial charge in [0, 0.05) is 47.6 Å². The van der Waals surface area contributed by atoms with E-state index in [2.05, 4.69) is 10.1 Å². The average molecular weight is 549 g/mol. The van der Waals surface area contributed by atoms with Crippen LogP contribution >= 0.6 is 0 Å². The van der Waals surface area contributed by atoms with E-state index < -0.39 is 17.7 Å². The van der Waals surface area contributed by atoms with Gasteiger partial charge in [-0.25, -0.2) is 18.6 Å². The third kappa shape index (κ3) is 4.70. The van der Waals surface area contributed by atoms with Gasteiger partial charge in [0.2, 0.25) is 0 Å². The summed E-state index contributed by atoms with van der Waals surface area (Å²) in [5, 5.41) is 14.4.